The van der Waals surface area contributed by atoms with Crippen LogP contribution in [0.5, 0.6) is 5.75 Å². The summed E-state index contributed by atoms with van der Waals surface area (Å²) in [6, 6.07) is 5.49. The number of ether oxygens (including phenoxy) is 2. The number of rotatable bonds is 7. The second-order valence-electron chi connectivity index (χ2n) is 6.21. The van der Waals surface area contributed by atoms with Gasteiger partial charge < -0.3 is 14.5 Å². The fourth-order valence-electron chi connectivity index (χ4n) is 3.12. The van der Waals surface area contributed by atoms with Gasteiger partial charge in [-0.3, -0.25) is 0 Å². The van der Waals surface area contributed by atoms with Crippen LogP contribution in [0.1, 0.15) is 18.7 Å². The number of fused-ring (bicyclic) bond motifs is 1. The minimum absolute atomic E-state index is 0.116. The van der Waals surface area contributed by atoms with E-state index in [0.717, 1.165) is 29.6 Å². The van der Waals surface area contributed by atoms with E-state index < -0.39 is 10.2 Å². The summed E-state index contributed by atoms with van der Waals surface area (Å²) in [5.41, 5.74) is 1.58. The van der Waals surface area contributed by atoms with Crippen LogP contribution in [0.3, 0.4) is 0 Å². The number of hydrogen-bond acceptors (Lipinski definition) is 5. The average Bonchev–Trinajstić information content (AvgIpc) is 3.02. The zero-order valence-electron chi connectivity index (χ0n) is 14.5. The normalized spacial score (nSPS) is 19.4. The Labute approximate surface area is 147 Å². The fourth-order valence-corrected chi connectivity index (χ4v) is 4.40. The number of benzene rings is 1. The van der Waals surface area contributed by atoms with Gasteiger partial charge in [0, 0.05) is 26.3 Å². The van der Waals surface area contributed by atoms with Gasteiger partial charge >= 0.3 is 0 Å². The summed E-state index contributed by atoms with van der Waals surface area (Å²) in [6.45, 7) is 1.72. The van der Waals surface area contributed by atoms with E-state index in [2.05, 4.69) is 14.7 Å². The topological polar surface area (TPSA) is 96.6 Å². The molecular formula is C16H24N4O4S. The molecule has 1 aromatic carbocycles. The number of aromatic nitrogens is 2. The van der Waals surface area contributed by atoms with Crippen LogP contribution in [0, 0.1) is 5.92 Å². The molecule has 0 amide bonds. The van der Waals surface area contributed by atoms with Gasteiger partial charge in [0.2, 0.25) is 0 Å². The Morgan fingerprint density at radius 1 is 1.40 bits per heavy atom. The van der Waals surface area contributed by atoms with E-state index in [-0.39, 0.29) is 12.5 Å². The molecule has 25 heavy (non-hydrogen) atoms. The molecule has 8 nitrogen and oxygen atoms in total. The molecule has 0 saturated carbocycles. The third kappa shape index (κ3) is 4.30. The van der Waals surface area contributed by atoms with Crippen LogP contribution < -0.4 is 9.46 Å². The molecular weight excluding hydrogens is 344 g/mol. The molecule has 1 aliphatic rings. The van der Waals surface area contributed by atoms with Gasteiger partial charge in [0.15, 0.2) is 0 Å². The van der Waals surface area contributed by atoms with Crippen molar-refractivity contribution in [2.45, 2.75) is 19.4 Å². The zero-order valence-corrected chi connectivity index (χ0v) is 15.3. The molecule has 0 aliphatic carbocycles. The van der Waals surface area contributed by atoms with Gasteiger partial charge in [0.05, 0.1) is 31.3 Å². The molecule has 9 heteroatoms. The maximum atomic E-state index is 12.5. The Kier molecular flexibility index (Phi) is 5.57. The predicted octanol–water partition coefficient (Wildman–Crippen LogP) is 1.26. The third-order valence-electron chi connectivity index (χ3n) is 4.38. The van der Waals surface area contributed by atoms with Crippen molar-refractivity contribution in [3.05, 3.63) is 24.0 Å². The first-order valence-electron chi connectivity index (χ1n) is 8.28. The van der Waals surface area contributed by atoms with Crippen molar-refractivity contribution in [1.82, 2.24) is 19.0 Å². The first-order valence-corrected chi connectivity index (χ1v) is 9.72. The monoisotopic (exact) mass is 368 g/mol. The number of piperidine rings is 1. The van der Waals surface area contributed by atoms with Crippen LogP contribution in [0.4, 0.5) is 0 Å². The van der Waals surface area contributed by atoms with E-state index >= 15 is 0 Å². The molecule has 1 atom stereocenters. The highest BCUT2D eigenvalue weighted by Gasteiger charge is 2.28. The van der Waals surface area contributed by atoms with Crippen LogP contribution in [-0.2, 0) is 21.5 Å². The van der Waals surface area contributed by atoms with E-state index in [1.807, 2.05) is 18.2 Å². The van der Waals surface area contributed by atoms with Gasteiger partial charge in [-0.05, 0) is 30.9 Å². The molecule has 3 rings (SSSR count). The molecule has 1 fully saturated rings. The van der Waals surface area contributed by atoms with Gasteiger partial charge in [-0.25, -0.2) is 4.98 Å². The summed E-state index contributed by atoms with van der Waals surface area (Å²) in [5, 5.41) is 0. The Hall–Kier alpha value is -1.68. The number of aromatic amines is 1. The number of nitrogens with zero attached hydrogens (tertiary/aromatic N) is 2. The van der Waals surface area contributed by atoms with Crippen molar-refractivity contribution in [3.8, 4) is 5.75 Å². The Balaban J connectivity index is 1.65. The van der Waals surface area contributed by atoms with E-state index in [9.17, 15) is 8.42 Å². The van der Waals surface area contributed by atoms with Gasteiger partial charge in [-0.2, -0.15) is 17.4 Å². The highest BCUT2D eigenvalue weighted by atomic mass is 32.2. The average molecular weight is 368 g/mol. The molecule has 2 aromatic rings. The standard InChI is InChI=1S/C16H24N4O4S/c1-23-11-12-4-3-7-20(10-12)25(21,22)17-9-16-18-14-6-5-13(24-2)8-15(14)19-16/h5-6,8,12,17H,3-4,7,9-11H2,1-2H3,(H,18,19)/t12-/m1/s1. The maximum absolute atomic E-state index is 12.5. The molecule has 1 aromatic heterocycles. The lowest BCUT2D eigenvalue weighted by Gasteiger charge is -2.31. The quantitative estimate of drug-likeness (QED) is 0.767. The molecule has 2 heterocycles. The molecule has 0 unspecified atom stereocenters. The molecule has 0 spiro atoms. The second kappa shape index (κ2) is 7.69. The summed E-state index contributed by atoms with van der Waals surface area (Å²) in [7, 11) is -0.300. The van der Waals surface area contributed by atoms with Crippen LogP contribution in [0.25, 0.3) is 11.0 Å². The molecule has 0 radical (unpaired) electrons. The summed E-state index contributed by atoms with van der Waals surface area (Å²) < 4.78 is 39.5. The van der Waals surface area contributed by atoms with Crippen molar-refractivity contribution < 1.29 is 17.9 Å². The summed E-state index contributed by atoms with van der Waals surface area (Å²) >= 11 is 0. The molecule has 0 bridgehead atoms. The first kappa shape index (κ1) is 18.1. The minimum atomic E-state index is -3.54. The van der Waals surface area contributed by atoms with E-state index in [0.29, 0.717) is 25.5 Å². The third-order valence-corrected chi connectivity index (χ3v) is 5.90. The van der Waals surface area contributed by atoms with Gasteiger partial charge in [-0.1, -0.05) is 0 Å². The number of imidazole rings is 1. The molecule has 2 N–H and O–H groups in total. The van der Waals surface area contributed by atoms with Crippen LogP contribution in [-0.4, -0.2) is 56.6 Å². The highest BCUT2D eigenvalue weighted by molar-refractivity contribution is 7.87. The van der Waals surface area contributed by atoms with Gasteiger partial charge in [-0.15, -0.1) is 0 Å². The van der Waals surface area contributed by atoms with E-state index in [1.54, 1.807) is 14.2 Å². The van der Waals surface area contributed by atoms with Crippen LogP contribution in [0.15, 0.2) is 18.2 Å². The lowest BCUT2D eigenvalue weighted by atomic mass is 10.0. The Bertz CT molecular complexity index is 819. The summed E-state index contributed by atoms with van der Waals surface area (Å²) in [6.07, 6.45) is 1.84. The molecule has 1 saturated heterocycles. The van der Waals surface area contributed by atoms with Gasteiger partial charge in [0.1, 0.15) is 11.6 Å². The smallest absolute Gasteiger partial charge is 0.279 e. The summed E-state index contributed by atoms with van der Waals surface area (Å²) in [5.74, 6) is 1.53. The van der Waals surface area contributed by atoms with E-state index in [4.69, 9.17) is 9.47 Å². The highest BCUT2D eigenvalue weighted by Crippen LogP contribution is 2.20. The predicted molar refractivity (Wildman–Crippen MR) is 94.6 cm³/mol. The number of H-pyrrole nitrogens is 1. The molecule has 1 aliphatic heterocycles. The first-order chi connectivity index (χ1) is 12.0. The Morgan fingerprint density at radius 2 is 2.24 bits per heavy atom. The maximum Gasteiger partial charge on any atom is 0.279 e. The number of nitrogens with one attached hydrogen (secondary N) is 2. The summed E-state index contributed by atoms with van der Waals surface area (Å²) in [4.78, 5) is 7.52. The minimum Gasteiger partial charge on any atom is -0.497 e. The fraction of sp³-hybridized carbons (Fsp3) is 0.562. The van der Waals surface area contributed by atoms with Crippen LogP contribution >= 0.6 is 0 Å². The van der Waals surface area contributed by atoms with E-state index in [1.165, 1.54) is 4.31 Å². The zero-order chi connectivity index (χ0) is 17.9. The largest absolute Gasteiger partial charge is 0.497 e. The second-order valence-corrected chi connectivity index (χ2v) is 7.97. The number of methoxy groups -OCH3 is 2. The SMILES string of the molecule is COC[C@@H]1CCCN(S(=O)(=O)NCc2nc3ccc(OC)cc3[nH]2)C1. The van der Waals surface area contributed by atoms with Crippen molar-refractivity contribution in [2.24, 2.45) is 5.92 Å². The van der Waals surface area contributed by atoms with Gasteiger partial charge in [0.25, 0.3) is 10.2 Å². The molecule has 138 valence electrons. The van der Waals surface area contributed by atoms with Crippen molar-refractivity contribution in [3.63, 3.8) is 0 Å². The van der Waals surface area contributed by atoms with Crippen LogP contribution in [0.2, 0.25) is 0 Å². The van der Waals surface area contributed by atoms with Crippen molar-refractivity contribution in [2.75, 3.05) is 33.9 Å². The van der Waals surface area contributed by atoms with Crippen molar-refractivity contribution >= 4 is 21.2 Å². The lowest BCUT2D eigenvalue weighted by Crippen LogP contribution is -2.46. The van der Waals surface area contributed by atoms with Crippen molar-refractivity contribution in [1.29, 1.82) is 0 Å². The lowest BCUT2D eigenvalue weighted by molar-refractivity contribution is 0.118. The number of hydrogen-bond donors (Lipinski definition) is 2. The Morgan fingerprint density at radius 3 is 3.00 bits per heavy atom.